The van der Waals surface area contributed by atoms with Crippen LogP contribution >= 0.6 is 15.9 Å². The molecule has 0 aliphatic carbocycles. The second-order valence-electron chi connectivity index (χ2n) is 4.72. The summed E-state index contributed by atoms with van der Waals surface area (Å²) in [6.45, 7) is 4.82. The van der Waals surface area contributed by atoms with E-state index in [2.05, 4.69) is 20.9 Å². The monoisotopic (exact) mass is 350 g/mol. The molecule has 1 aromatic carbocycles. The van der Waals surface area contributed by atoms with Gasteiger partial charge in [0.2, 0.25) is 0 Å². The Labute approximate surface area is 131 Å². The molecule has 2 rings (SSSR count). The second-order valence-corrected chi connectivity index (χ2v) is 5.57. The van der Waals surface area contributed by atoms with E-state index in [9.17, 15) is 9.18 Å². The van der Waals surface area contributed by atoms with E-state index in [1.165, 1.54) is 18.2 Å². The zero-order chi connectivity index (χ0) is 15.4. The smallest absolute Gasteiger partial charge is 0.254 e. The lowest BCUT2D eigenvalue weighted by Gasteiger charge is -2.21. The van der Waals surface area contributed by atoms with E-state index < -0.39 is 0 Å². The van der Waals surface area contributed by atoms with Gasteiger partial charge in [-0.05, 0) is 60.1 Å². The lowest BCUT2D eigenvalue weighted by molar-refractivity contribution is 0.0750. The molecule has 1 aromatic heterocycles. The lowest BCUT2D eigenvalue weighted by atomic mass is 10.2. The summed E-state index contributed by atoms with van der Waals surface area (Å²) in [7, 11) is 0. The molecule has 0 fully saturated rings. The maximum absolute atomic E-state index is 13.3. The van der Waals surface area contributed by atoms with E-state index in [-0.39, 0.29) is 16.2 Å². The van der Waals surface area contributed by atoms with Crippen LogP contribution in [0.15, 0.2) is 40.9 Å². The Balaban J connectivity index is 2.20. The first-order chi connectivity index (χ1) is 10.0. The summed E-state index contributed by atoms with van der Waals surface area (Å²) in [4.78, 5) is 18.6. The predicted molar refractivity (Wildman–Crippen MR) is 83.5 cm³/mol. The van der Waals surface area contributed by atoms with Crippen molar-refractivity contribution in [1.82, 2.24) is 9.88 Å². The molecule has 0 spiro atoms. The number of amides is 1. The van der Waals surface area contributed by atoms with Crippen molar-refractivity contribution in [2.75, 3.05) is 6.54 Å². The minimum Gasteiger partial charge on any atom is -0.333 e. The van der Waals surface area contributed by atoms with Crippen molar-refractivity contribution in [2.45, 2.75) is 20.4 Å². The van der Waals surface area contributed by atoms with Gasteiger partial charge in [-0.2, -0.15) is 0 Å². The van der Waals surface area contributed by atoms with Gasteiger partial charge in [-0.15, -0.1) is 0 Å². The minimum absolute atomic E-state index is 0.137. The number of carbonyl (C=O) groups excluding carboxylic acids is 1. The molecule has 1 amide bonds. The Morgan fingerprint density at radius 2 is 2.10 bits per heavy atom. The van der Waals surface area contributed by atoms with Gasteiger partial charge >= 0.3 is 0 Å². The summed E-state index contributed by atoms with van der Waals surface area (Å²) in [5.74, 6) is -0.517. The number of hydrogen-bond donors (Lipinski definition) is 0. The third-order valence-electron chi connectivity index (χ3n) is 3.13. The molecule has 0 aliphatic rings. The number of halogens is 2. The van der Waals surface area contributed by atoms with E-state index >= 15 is 0 Å². The van der Waals surface area contributed by atoms with Crippen LogP contribution in [0.5, 0.6) is 0 Å². The fourth-order valence-corrected chi connectivity index (χ4v) is 2.40. The number of pyridine rings is 1. The fraction of sp³-hybridized carbons (Fsp3) is 0.250. The minimum atomic E-state index is -0.380. The van der Waals surface area contributed by atoms with Gasteiger partial charge in [0.25, 0.3) is 5.91 Å². The molecule has 5 heteroatoms. The van der Waals surface area contributed by atoms with E-state index in [0.717, 1.165) is 11.4 Å². The molecule has 110 valence electrons. The molecular formula is C16H16BrFN2O. The molecule has 1 heterocycles. The number of hydrogen-bond acceptors (Lipinski definition) is 2. The van der Waals surface area contributed by atoms with Gasteiger partial charge in [0, 0.05) is 17.8 Å². The third-order valence-corrected chi connectivity index (χ3v) is 3.74. The third kappa shape index (κ3) is 3.88. The molecule has 0 saturated carbocycles. The summed E-state index contributed by atoms with van der Waals surface area (Å²) in [5.41, 5.74) is 2.21. The quantitative estimate of drug-likeness (QED) is 0.836. The van der Waals surface area contributed by atoms with Crippen molar-refractivity contribution < 1.29 is 9.18 Å². The first-order valence-electron chi connectivity index (χ1n) is 6.68. The topological polar surface area (TPSA) is 33.2 Å². The Kier molecular flexibility index (Phi) is 5.07. The van der Waals surface area contributed by atoms with Crippen LogP contribution in [0, 0.1) is 12.7 Å². The van der Waals surface area contributed by atoms with Crippen LogP contribution in [0.1, 0.15) is 28.7 Å². The maximum Gasteiger partial charge on any atom is 0.254 e. The standard InChI is InChI=1S/C16H16BrFN2O/c1-3-20(10-13-6-4-5-11(2)19-13)16(21)12-7-8-15(18)14(17)9-12/h4-9H,3,10H2,1-2H3. The number of aromatic nitrogens is 1. The molecule has 2 aromatic rings. The van der Waals surface area contributed by atoms with Gasteiger partial charge < -0.3 is 4.90 Å². The van der Waals surface area contributed by atoms with Crippen molar-refractivity contribution in [3.63, 3.8) is 0 Å². The SMILES string of the molecule is CCN(Cc1cccc(C)n1)C(=O)c1ccc(F)c(Br)c1. The Morgan fingerprint density at radius 1 is 1.33 bits per heavy atom. The first-order valence-corrected chi connectivity index (χ1v) is 7.47. The largest absolute Gasteiger partial charge is 0.333 e. The summed E-state index contributed by atoms with van der Waals surface area (Å²) in [6, 6.07) is 10.0. The highest BCUT2D eigenvalue weighted by Gasteiger charge is 2.16. The Bertz CT molecular complexity index is 660. The van der Waals surface area contributed by atoms with Crippen LogP contribution in [0.3, 0.4) is 0 Å². The summed E-state index contributed by atoms with van der Waals surface area (Å²) in [6.07, 6.45) is 0. The maximum atomic E-state index is 13.3. The van der Waals surface area contributed by atoms with Crippen LogP contribution in [-0.4, -0.2) is 22.3 Å². The Morgan fingerprint density at radius 3 is 2.71 bits per heavy atom. The number of carbonyl (C=O) groups is 1. The molecule has 0 saturated heterocycles. The zero-order valence-electron chi connectivity index (χ0n) is 11.9. The van der Waals surface area contributed by atoms with Crippen LogP contribution in [0.2, 0.25) is 0 Å². The summed E-state index contributed by atoms with van der Waals surface area (Å²) in [5, 5.41) is 0. The number of benzene rings is 1. The molecule has 0 atom stereocenters. The number of nitrogens with zero attached hydrogens (tertiary/aromatic N) is 2. The number of aryl methyl sites for hydroxylation is 1. The van der Waals surface area contributed by atoms with E-state index in [1.807, 2.05) is 32.0 Å². The van der Waals surface area contributed by atoms with Gasteiger partial charge in [-0.1, -0.05) is 6.07 Å². The molecule has 21 heavy (non-hydrogen) atoms. The van der Waals surface area contributed by atoms with Crippen molar-refractivity contribution in [3.8, 4) is 0 Å². The van der Waals surface area contributed by atoms with E-state index in [1.54, 1.807) is 4.90 Å². The van der Waals surface area contributed by atoms with Crippen molar-refractivity contribution in [2.24, 2.45) is 0 Å². The number of rotatable bonds is 4. The van der Waals surface area contributed by atoms with Gasteiger partial charge in [0.1, 0.15) is 5.82 Å². The van der Waals surface area contributed by atoms with Gasteiger partial charge in [-0.25, -0.2) is 4.39 Å². The van der Waals surface area contributed by atoms with Gasteiger partial charge in [-0.3, -0.25) is 9.78 Å². The first kappa shape index (κ1) is 15.6. The van der Waals surface area contributed by atoms with E-state index in [0.29, 0.717) is 18.7 Å². The molecular weight excluding hydrogens is 335 g/mol. The highest BCUT2D eigenvalue weighted by Crippen LogP contribution is 2.18. The molecule has 3 nitrogen and oxygen atoms in total. The molecule has 0 bridgehead atoms. The predicted octanol–water partition coefficient (Wildman–Crippen LogP) is 3.95. The van der Waals surface area contributed by atoms with Gasteiger partial charge in [0.15, 0.2) is 0 Å². The van der Waals surface area contributed by atoms with Crippen LogP contribution < -0.4 is 0 Å². The molecule has 0 radical (unpaired) electrons. The lowest BCUT2D eigenvalue weighted by Crippen LogP contribution is -2.30. The van der Waals surface area contributed by atoms with Crippen molar-refractivity contribution in [1.29, 1.82) is 0 Å². The highest BCUT2D eigenvalue weighted by atomic mass is 79.9. The van der Waals surface area contributed by atoms with Gasteiger partial charge in [0.05, 0.1) is 16.7 Å². The normalized spacial score (nSPS) is 10.5. The van der Waals surface area contributed by atoms with Crippen LogP contribution in [0.4, 0.5) is 4.39 Å². The molecule has 0 aliphatic heterocycles. The second kappa shape index (κ2) is 6.80. The highest BCUT2D eigenvalue weighted by molar-refractivity contribution is 9.10. The molecule has 0 unspecified atom stereocenters. The van der Waals surface area contributed by atoms with Crippen molar-refractivity contribution in [3.05, 3.63) is 63.6 Å². The average Bonchev–Trinajstić information content (AvgIpc) is 2.47. The van der Waals surface area contributed by atoms with Crippen LogP contribution in [-0.2, 0) is 6.54 Å². The zero-order valence-corrected chi connectivity index (χ0v) is 13.5. The molecule has 0 N–H and O–H groups in total. The summed E-state index contributed by atoms with van der Waals surface area (Å²) < 4.78 is 13.5. The Hall–Kier alpha value is -1.75. The van der Waals surface area contributed by atoms with Crippen LogP contribution in [0.25, 0.3) is 0 Å². The van der Waals surface area contributed by atoms with E-state index in [4.69, 9.17) is 0 Å². The average molecular weight is 351 g/mol. The fourth-order valence-electron chi connectivity index (χ4n) is 2.02. The summed E-state index contributed by atoms with van der Waals surface area (Å²) >= 11 is 3.10. The van der Waals surface area contributed by atoms with Crippen molar-refractivity contribution >= 4 is 21.8 Å².